The number of rotatable bonds is 8. The molecule has 0 spiro atoms. The van der Waals surface area contributed by atoms with E-state index < -0.39 is 24.1 Å². The van der Waals surface area contributed by atoms with Gasteiger partial charge in [-0.2, -0.15) is 5.10 Å². The Morgan fingerprint density at radius 2 is 1.58 bits per heavy atom. The topological polar surface area (TPSA) is 108 Å². The number of benzene rings is 3. The predicted octanol–water partition coefficient (Wildman–Crippen LogP) is 3.19. The number of hydrazone groups is 1. The lowest BCUT2D eigenvalue weighted by Gasteiger charge is -2.27. The summed E-state index contributed by atoms with van der Waals surface area (Å²) in [6, 6.07) is 21.7. The van der Waals surface area contributed by atoms with E-state index in [1.807, 2.05) is 0 Å². The highest BCUT2D eigenvalue weighted by Crippen LogP contribution is 2.30. The van der Waals surface area contributed by atoms with Crippen molar-refractivity contribution in [3.63, 3.8) is 0 Å². The van der Waals surface area contributed by atoms with Crippen molar-refractivity contribution in [3.05, 3.63) is 101 Å². The van der Waals surface area contributed by atoms with Gasteiger partial charge in [0.2, 0.25) is 0 Å². The number of aliphatic hydroxyl groups is 1. The first-order valence-electron chi connectivity index (χ1n) is 9.22. The number of nitrogens with one attached hydrogen (secondary N) is 1. The monoisotopic (exact) mass is 438 g/mol. The van der Waals surface area contributed by atoms with Gasteiger partial charge in [0, 0.05) is 0 Å². The number of nitrogens with zero attached hydrogens (tertiary/aromatic N) is 1. The summed E-state index contributed by atoms with van der Waals surface area (Å²) in [6.07, 6.45) is 1.35. The van der Waals surface area contributed by atoms with Crippen LogP contribution in [0, 0.1) is 0 Å². The normalized spacial score (nSPS) is 11.3. The van der Waals surface area contributed by atoms with Crippen LogP contribution in [0.15, 0.2) is 84.0 Å². The fourth-order valence-corrected chi connectivity index (χ4v) is 3.13. The van der Waals surface area contributed by atoms with Gasteiger partial charge in [-0.3, -0.25) is 4.79 Å². The molecule has 3 aromatic rings. The maximum absolute atomic E-state index is 12.9. The van der Waals surface area contributed by atoms with E-state index >= 15 is 0 Å². The van der Waals surface area contributed by atoms with E-state index in [2.05, 4.69) is 10.5 Å². The molecule has 3 aromatic carbocycles. The fraction of sp³-hybridized carbons (Fsp3) is 0.0870. The maximum Gasteiger partial charge on any atom is 0.341 e. The van der Waals surface area contributed by atoms with Crippen molar-refractivity contribution in [1.82, 2.24) is 5.43 Å². The van der Waals surface area contributed by atoms with Gasteiger partial charge >= 0.3 is 5.97 Å². The van der Waals surface area contributed by atoms with Crippen LogP contribution >= 0.6 is 11.6 Å². The lowest BCUT2D eigenvalue weighted by molar-refractivity contribution is -0.139. The number of hydrogen-bond acceptors (Lipinski definition) is 5. The number of carbonyl (C=O) groups excluding carboxylic acids is 1. The smallest absolute Gasteiger partial charge is 0.341 e. The van der Waals surface area contributed by atoms with Crippen LogP contribution in [-0.4, -0.2) is 34.9 Å². The van der Waals surface area contributed by atoms with Gasteiger partial charge in [0.25, 0.3) is 5.91 Å². The highest BCUT2D eigenvalue weighted by Gasteiger charge is 2.39. The summed E-state index contributed by atoms with van der Waals surface area (Å²) in [6.45, 7) is -0.513. The maximum atomic E-state index is 12.9. The number of halogens is 1. The predicted molar refractivity (Wildman–Crippen MR) is 116 cm³/mol. The Hall–Kier alpha value is -3.68. The zero-order chi connectivity index (χ0) is 22.3. The summed E-state index contributed by atoms with van der Waals surface area (Å²) in [4.78, 5) is 23.5. The number of carbonyl (C=O) groups is 2. The highest BCUT2D eigenvalue weighted by molar-refractivity contribution is 6.32. The molecule has 7 nitrogen and oxygen atoms in total. The minimum atomic E-state index is -1.94. The van der Waals surface area contributed by atoms with Gasteiger partial charge in [0.05, 0.1) is 11.2 Å². The van der Waals surface area contributed by atoms with Gasteiger partial charge in [0.1, 0.15) is 5.75 Å². The second kappa shape index (κ2) is 9.88. The van der Waals surface area contributed by atoms with Crippen molar-refractivity contribution < 1.29 is 24.5 Å². The molecule has 0 aliphatic rings. The number of amides is 1. The zero-order valence-corrected chi connectivity index (χ0v) is 17.0. The number of carboxylic acid groups (broad SMARTS) is 1. The molecule has 0 aliphatic carbocycles. The van der Waals surface area contributed by atoms with Crippen LogP contribution in [0.3, 0.4) is 0 Å². The summed E-state index contributed by atoms with van der Waals surface area (Å²) in [5.74, 6) is -1.63. The third kappa shape index (κ3) is 5.28. The van der Waals surface area contributed by atoms with Crippen molar-refractivity contribution >= 4 is 29.7 Å². The third-order valence-electron chi connectivity index (χ3n) is 4.40. The van der Waals surface area contributed by atoms with Crippen LogP contribution < -0.4 is 10.2 Å². The Balaban J connectivity index is 1.78. The molecular weight excluding hydrogens is 420 g/mol. The summed E-state index contributed by atoms with van der Waals surface area (Å²) in [7, 11) is 0. The first-order valence-corrected chi connectivity index (χ1v) is 9.60. The van der Waals surface area contributed by atoms with E-state index in [0.717, 1.165) is 0 Å². The molecule has 31 heavy (non-hydrogen) atoms. The number of ether oxygens (including phenoxy) is 1. The number of carboxylic acids is 1. The fourth-order valence-electron chi connectivity index (χ4n) is 2.89. The van der Waals surface area contributed by atoms with E-state index in [9.17, 15) is 14.7 Å². The molecule has 0 aliphatic heterocycles. The average molecular weight is 439 g/mol. The lowest BCUT2D eigenvalue weighted by atomic mass is 9.85. The molecule has 0 aromatic heterocycles. The highest BCUT2D eigenvalue weighted by atomic mass is 35.5. The molecule has 0 saturated heterocycles. The molecule has 3 N–H and O–H groups in total. The van der Waals surface area contributed by atoms with E-state index in [-0.39, 0.29) is 10.8 Å². The standard InChI is InChI=1S/C23H19ClN2O5/c24-19-13-16(11-12-20(19)31-15-21(27)28)14-25-26-22(29)23(30,17-7-3-1-4-8-17)18-9-5-2-6-10-18/h1-14,30H,15H2,(H,26,29)(H,27,28)/b25-14+. The molecule has 0 bridgehead atoms. The molecule has 158 valence electrons. The lowest BCUT2D eigenvalue weighted by Crippen LogP contribution is -2.43. The Kier molecular flexibility index (Phi) is 7.02. The Bertz CT molecular complexity index is 1050. The van der Waals surface area contributed by atoms with Gasteiger partial charge in [-0.15, -0.1) is 0 Å². The number of hydrogen-bond donors (Lipinski definition) is 3. The first-order chi connectivity index (χ1) is 14.9. The van der Waals surface area contributed by atoms with Crippen molar-refractivity contribution in [3.8, 4) is 5.75 Å². The second-order valence-electron chi connectivity index (χ2n) is 6.51. The van der Waals surface area contributed by atoms with E-state index in [1.165, 1.54) is 18.3 Å². The third-order valence-corrected chi connectivity index (χ3v) is 4.69. The Morgan fingerprint density at radius 3 is 2.10 bits per heavy atom. The molecule has 1 amide bonds. The van der Waals surface area contributed by atoms with Crippen LogP contribution in [0.25, 0.3) is 0 Å². The van der Waals surface area contributed by atoms with Crippen molar-refractivity contribution in [1.29, 1.82) is 0 Å². The van der Waals surface area contributed by atoms with Crippen molar-refractivity contribution in [2.24, 2.45) is 5.10 Å². The van der Waals surface area contributed by atoms with Crippen molar-refractivity contribution in [2.45, 2.75) is 5.60 Å². The molecule has 0 atom stereocenters. The summed E-state index contributed by atoms with van der Waals surface area (Å²) in [5, 5.41) is 24.1. The summed E-state index contributed by atoms with van der Waals surface area (Å²) >= 11 is 6.08. The van der Waals surface area contributed by atoms with Crippen LogP contribution in [0.2, 0.25) is 5.02 Å². The largest absolute Gasteiger partial charge is 0.480 e. The van der Waals surface area contributed by atoms with E-state index in [4.69, 9.17) is 21.4 Å². The van der Waals surface area contributed by atoms with Gasteiger partial charge in [-0.25, -0.2) is 10.2 Å². The van der Waals surface area contributed by atoms with Gasteiger partial charge in [-0.05, 0) is 34.9 Å². The molecule has 3 rings (SSSR count). The molecule has 8 heteroatoms. The first kappa shape index (κ1) is 22.0. The minimum absolute atomic E-state index is 0.196. The molecule has 0 fully saturated rings. The van der Waals surface area contributed by atoms with Crippen LogP contribution in [0.1, 0.15) is 16.7 Å². The Morgan fingerprint density at radius 1 is 1.00 bits per heavy atom. The van der Waals surface area contributed by atoms with Gasteiger partial charge in [0.15, 0.2) is 12.2 Å². The number of aliphatic carboxylic acids is 1. The Labute approximate surface area is 183 Å². The van der Waals surface area contributed by atoms with E-state index in [1.54, 1.807) is 66.7 Å². The van der Waals surface area contributed by atoms with Crippen LogP contribution in [0.4, 0.5) is 0 Å². The SMILES string of the molecule is O=C(O)COc1ccc(/C=N/NC(=O)C(O)(c2ccccc2)c2ccccc2)cc1Cl. The zero-order valence-electron chi connectivity index (χ0n) is 16.2. The van der Waals surface area contributed by atoms with Gasteiger partial charge < -0.3 is 14.9 Å². The van der Waals surface area contributed by atoms with Gasteiger partial charge in [-0.1, -0.05) is 72.3 Å². The van der Waals surface area contributed by atoms with Crippen molar-refractivity contribution in [2.75, 3.05) is 6.61 Å². The van der Waals surface area contributed by atoms with E-state index in [0.29, 0.717) is 16.7 Å². The molecule has 0 heterocycles. The summed E-state index contributed by atoms with van der Waals surface area (Å²) < 4.78 is 5.06. The molecule has 0 radical (unpaired) electrons. The quantitative estimate of drug-likeness (QED) is 0.370. The molecule has 0 unspecified atom stereocenters. The molecular formula is C23H19ClN2O5. The summed E-state index contributed by atoms with van der Waals surface area (Å²) in [5.41, 5.74) is 1.77. The van der Waals surface area contributed by atoms with Crippen LogP contribution in [0.5, 0.6) is 5.75 Å². The molecule has 0 saturated carbocycles. The average Bonchev–Trinajstić information content (AvgIpc) is 2.79. The second-order valence-corrected chi connectivity index (χ2v) is 6.92. The van der Waals surface area contributed by atoms with Crippen LogP contribution in [-0.2, 0) is 15.2 Å². The minimum Gasteiger partial charge on any atom is -0.480 e.